The third-order valence-corrected chi connectivity index (χ3v) is 3.10. The van der Waals surface area contributed by atoms with Gasteiger partial charge in [0.1, 0.15) is 0 Å². The van der Waals surface area contributed by atoms with Crippen molar-refractivity contribution in [1.29, 1.82) is 0 Å². The third kappa shape index (κ3) is 2.53. The van der Waals surface area contributed by atoms with Crippen LogP contribution in [0.25, 0.3) is 0 Å². The van der Waals surface area contributed by atoms with Crippen LogP contribution in [0.3, 0.4) is 0 Å². The summed E-state index contributed by atoms with van der Waals surface area (Å²) in [6.07, 6.45) is 0.0845. The van der Waals surface area contributed by atoms with Gasteiger partial charge < -0.3 is 9.64 Å². The van der Waals surface area contributed by atoms with Crippen molar-refractivity contribution in [2.45, 2.75) is 11.8 Å². The Bertz CT molecular complexity index is 550. The monoisotopic (exact) mass is 289 g/mol. The molecule has 0 radical (unpaired) electrons. The van der Waals surface area contributed by atoms with Crippen molar-refractivity contribution in [2.75, 3.05) is 18.6 Å². The summed E-state index contributed by atoms with van der Waals surface area (Å²) in [5, 5.41) is -0.425. The molecule has 1 heterocycles. The number of hydrogen-bond acceptors (Lipinski definition) is 3. The number of methoxy groups -OCH3 is 1. The summed E-state index contributed by atoms with van der Waals surface area (Å²) in [4.78, 5) is 24.4. The van der Waals surface area contributed by atoms with Crippen molar-refractivity contribution in [1.82, 2.24) is 0 Å². The second kappa shape index (κ2) is 5.13. The number of alkyl halides is 1. The summed E-state index contributed by atoms with van der Waals surface area (Å²) in [6, 6.07) is 1.51. The molecule has 0 aromatic heterocycles. The molecule has 0 bridgehead atoms. The maximum atomic E-state index is 13.3. The average molecular weight is 290 g/mol. The quantitative estimate of drug-likeness (QED) is 0.619. The molecule has 1 aromatic rings. The van der Waals surface area contributed by atoms with Crippen LogP contribution < -0.4 is 4.90 Å². The summed E-state index contributed by atoms with van der Waals surface area (Å²) < 4.78 is 31.0. The maximum absolute atomic E-state index is 13.3. The number of amides is 1. The second-order valence-corrected chi connectivity index (χ2v) is 4.70. The van der Waals surface area contributed by atoms with Gasteiger partial charge in [0.25, 0.3) is 0 Å². The first-order valence-corrected chi connectivity index (χ1v) is 5.89. The van der Waals surface area contributed by atoms with Gasteiger partial charge in [-0.15, -0.1) is 11.6 Å². The molecule has 0 N–H and O–H groups in total. The number of benzene rings is 1. The lowest BCUT2D eigenvalue weighted by Gasteiger charge is -2.19. The normalized spacial score (nSPS) is 18.8. The Labute approximate surface area is 112 Å². The fraction of sp³-hybridized carbons (Fsp3) is 0.333. The largest absolute Gasteiger partial charge is 0.465 e. The van der Waals surface area contributed by atoms with Gasteiger partial charge >= 0.3 is 5.97 Å². The van der Waals surface area contributed by atoms with E-state index in [4.69, 9.17) is 11.6 Å². The molecule has 1 amide bonds. The van der Waals surface area contributed by atoms with Gasteiger partial charge in [0.15, 0.2) is 11.6 Å². The number of esters is 1. The van der Waals surface area contributed by atoms with Crippen LogP contribution in [0, 0.1) is 11.6 Å². The van der Waals surface area contributed by atoms with Gasteiger partial charge in [0, 0.05) is 19.0 Å². The summed E-state index contributed by atoms with van der Waals surface area (Å²) in [6.45, 7) is 0.134. The minimum Gasteiger partial charge on any atom is -0.465 e. The van der Waals surface area contributed by atoms with Crippen LogP contribution in [-0.4, -0.2) is 30.9 Å². The van der Waals surface area contributed by atoms with Crippen molar-refractivity contribution in [3.8, 4) is 0 Å². The molecule has 4 nitrogen and oxygen atoms in total. The Morgan fingerprint density at radius 1 is 1.42 bits per heavy atom. The van der Waals surface area contributed by atoms with E-state index in [-0.39, 0.29) is 30.1 Å². The Morgan fingerprint density at radius 2 is 2.05 bits per heavy atom. The Kier molecular flexibility index (Phi) is 3.71. The highest BCUT2D eigenvalue weighted by atomic mass is 35.5. The van der Waals surface area contributed by atoms with Crippen molar-refractivity contribution in [2.24, 2.45) is 0 Å². The van der Waals surface area contributed by atoms with Gasteiger partial charge in [0.05, 0.1) is 23.7 Å². The van der Waals surface area contributed by atoms with Gasteiger partial charge in [0.2, 0.25) is 5.91 Å². The number of hydrogen-bond donors (Lipinski definition) is 0. The Hall–Kier alpha value is -1.69. The first-order chi connectivity index (χ1) is 8.93. The molecule has 1 fully saturated rings. The number of carbonyl (C=O) groups is 2. The van der Waals surface area contributed by atoms with E-state index in [0.717, 1.165) is 18.1 Å². The van der Waals surface area contributed by atoms with Crippen LogP contribution in [0.5, 0.6) is 0 Å². The van der Waals surface area contributed by atoms with E-state index < -0.39 is 23.0 Å². The lowest BCUT2D eigenvalue weighted by molar-refractivity contribution is -0.117. The molecule has 0 spiro atoms. The zero-order chi connectivity index (χ0) is 14.2. The highest BCUT2D eigenvalue weighted by Crippen LogP contribution is 2.30. The molecule has 0 aliphatic carbocycles. The summed E-state index contributed by atoms with van der Waals surface area (Å²) in [5.74, 6) is -3.53. The molecule has 0 saturated carbocycles. The lowest BCUT2D eigenvalue weighted by Crippen LogP contribution is -2.27. The van der Waals surface area contributed by atoms with Crippen molar-refractivity contribution >= 4 is 29.2 Å². The molecule has 1 unspecified atom stereocenters. The predicted molar refractivity (Wildman–Crippen MR) is 64.3 cm³/mol. The number of anilines is 1. The molecule has 102 valence electrons. The summed E-state index contributed by atoms with van der Waals surface area (Å²) in [5.41, 5.74) is -0.237. The Morgan fingerprint density at radius 3 is 2.58 bits per heavy atom. The first-order valence-electron chi connectivity index (χ1n) is 5.45. The number of halogens is 3. The van der Waals surface area contributed by atoms with E-state index in [9.17, 15) is 18.4 Å². The van der Waals surface area contributed by atoms with Gasteiger partial charge in [-0.2, -0.15) is 0 Å². The molecule has 19 heavy (non-hydrogen) atoms. The minimum absolute atomic E-state index is 0.0288. The summed E-state index contributed by atoms with van der Waals surface area (Å²) in [7, 11) is 1.11. The molecule has 1 aromatic carbocycles. The van der Waals surface area contributed by atoms with Gasteiger partial charge in [-0.1, -0.05) is 0 Å². The van der Waals surface area contributed by atoms with Gasteiger partial charge in [-0.3, -0.25) is 4.79 Å². The highest BCUT2D eigenvalue weighted by Gasteiger charge is 2.32. The van der Waals surface area contributed by atoms with E-state index >= 15 is 0 Å². The topological polar surface area (TPSA) is 46.6 Å². The molecule has 1 aliphatic rings. The zero-order valence-electron chi connectivity index (χ0n) is 9.95. The molecule has 1 saturated heterocycles. The first kappa shape index (κ1) is 13.7. The lowest BCUT2D eigenvalue weighted by atomic mass is 10.1. The highest BCUT2D eigenvalue weighted by molar-refractivity contribution is 6.24. The number of ether oxygens (including phenoxy) is 1. The van der Waals surface area contributed by atoms with E-state index in [0.29, 0.717) is 6.07 Å². The Balaban J connectivity index is 2.52. The molecule has 1 aliphatic heterocycles. The second-order valence-electron chi connectivity index (χ2n) is 4.08. The molecule has 1 atom stereocenters. The maximum Gasteiger partial charge on any atom is 0.340 e. The van der Waals surface area contributed by atoms with Crippen LogP contribution in [-0.2, 0) is 9.53 Å². The number of carbonyl (C=O) groups excluding carboxylic acids is 2. The predicted octanol–water partition coefficient (Wildman–Crippen LogP) is 2.10. The average Bonchev–Trinajstić information content (AvgIpc) is 2.70. The minimum atomic E-state index is -1.18. The van der Waals surface area contributed by atoms with E-state index in [1.807, 2.05) is 0 Å². The van der Waals surface area contributed by atoms with Crippen LogP contribution in [0.15, 0.2) is 12.1 Å². The zero-order valence-corrected chi connectivity index (χ0v) is 10.7. The van der Waals surface area contributed by atoms with E-state index in [1.54, 1.807) is 0 Å². The van der Waals surface area contributed by atoms with E-state index in [2.05, 4.69) is 4.74 Å². The molecular weight excluding hydrogens is 280 g/mol. The van der Waals surface area contributed by atoms with Crippen LogP contribution >= 0.6 is 11.6 Å². The van der Waals surface area contributed by atoms with Crippen LogP contribution in [0.4, 0.5) is 14.5 Å². The molecule has 7 heteroatoms. The van der Waals surface area contributed by atoms with Crippen molar-refractivity contribution < 1.29 is 23.1 Å². The SMILES string of the molecule is COC(=O)c1cc(F)c(F)cc1N1CC(Cl)CC1=O. The van der Waals surface area contributed by atoms with Crippen molar-refractivity contribution in [3.63, 3.8) is 0 Å². The third-order valence-electron chi connectivity index (χ3n) is 2.81. The fourth-order valence-corrected chi connectivity index (χ4v) is 2.20. The molecule has 2 rings (SSSR count). The summed E-state index contributed by atoms with van der Waals surface area (Å²) >= 11 is 5.84. The van der Waals surface area contributed by atoms with Gasteiger partial charge in [-0.05, 0) is 6.07 Å². The van der Waals surface area contributed by atoms with Crippen molar-refractivity contribution in [3.05, 3.63) is 29.3 Å². The van der Waals surface area contributed by atoms with Gasteiger partial charge in [-0.25, -0.2) is 13.6 Å². The van der Waals surface area contributed by atoms with E-state index in [1.165, 1.54) is 0 Å². The standard InChI is InChI=1S/C12H10ClF2NO3/c1-19-12(18)7-3-8(14)9(15)4-10(7)16-5-6(13)2-11(16)17/h3-4,6H,2,5H2,1H3. The number of nitrogens with zero attached hydrogens (tertiary/aromatic N) is 1. The van der Waals surface area contributed by atoms with Crippen LogP contribution in [0.2, 0.25) is 0 Å². The number of rotatable bonds is 2. The molecular formula is C12H10ClF2NO3. The fourth-order valence-electron chi connectivity index (χ4n) is 1.93. The smallest absolute Gasteiger partial charge is 0.340 e. The van der Waals surface area contributed by atoms with Crippen LogP contribution in [0.1, 0.15) is 16.8 Å².